The van der Waals surface area contributed by atoms with E-state index < -0.39 is 23.2 Å². The Labute approximate surface area is 130 Å². The molecule has 1 aromatic carbocycles. The quantitative estimate of drug-likeness (QED) is 0.538. The molecule has 0 aromatic heterocycles. The molecule has 0 saturated heterocycles. The monoisotopic (exact) mass is 373 g/mol. The number of hydrogen-bond donors (Lipinski definition) is 4. The van der Waals surface area contributed by atoms with Crippen LogP contribution in [0.4, 0.5) is 0 Å². The first-order valence-corrected chi connectivity index (χ1v) is 3.00. The van der Waals surface area contributed by atoms with E-state index >= 15 is 0 Å². The van der Waals surface area contributed by atoms with Gasteiger partial charge in [-0.2, -0.15) is 0 Å². The summed E-state index contributed by atoms with van der Waals surface area (Å²) in [4.78, 5) is 10.3. The van der Waals surface area contributed by atoms with E-state index in [1.54, 1.807) is 0 Å². The maximum atomic E-state index is 10.3. The van der Waals surface area contributed by atoms with Crippen LogP contribution in [0.3, 0.4) is 0 Å². The van der Waals surface area contributed by atoms with Gasteiger partial charge in [0, 0.05) is 65.8 Å². The number of aromatic hydroxyl groups is 3. The van der Waals surface area contributed by atoms with Crippen molar-refractivity contribution in [2.24, 2.45) is 0 Å². The molecule has 0 spiro atoms. The Hall–Kier alpha value is 0.285. The molecule has 0 aliphatic heterocycles. The molecule has 1 aromatic rings. The van der Waals surface area contributed by atoms with E-state index in [9.17, 15) is 4.79 Å². The summed E-state index contributed by atoms with van der Waals surface area (Å²) in [5.41, 5.74) is -0.289. The fourth-order valence-electron chi connectivity index (χ4n) is 0.728. The number of phenols is 3. The molecule has 0 atom stereocenters. The largest absolute Gasteiger partial charge is 0.504 e. The number of carboxylic acids is 1. The number of carboxylic acid groups (broad SMARTS) is 1. The van der Waals surface area contributed by atoms with Crippen LogP contribution in [0.2, 0.25) is 0 Å². The Balaban J connectivity index is 0. The van der Waals surface area contributed by atoms with Crippen molar-refractivity contribution in [3.8, 4) is 17.2 Å². The van der Waals surface area contributed by atoms with E-state index in [0.717, 1.165) is 12.1 Å². The molecule has 7 heteroatoms. The first kappa shape index (κ1) is 16.7. The van der Waals surface area contributed by atoms with Crippen molar-refractivity contribution >= 4 is 5.97 Å². The average molecular weight is 372 g/mol. The van der Waals surface area contributed by atoms with Crippen LogP contribution in [0, 0.1) is 39.9 Å². The van der Waals surface area contributed by atoms with Crippen molar-refractivity contribution in [2.45, 2.75) is 0 Å². The van der Waals surface area contributed by atoms with Crippen LogP contribution in [0.5, 0.6) is 17.2 Å². The molecule has 0 saturated carbocycles. The first-order valence-electron chi connectivity index (χ1n) is 3.00. The summed E-state index contributed by atoms with van der Waals surface area (Å²) < 4.78 is 0. The minimum absolute atomic E-state index is 0. The average Bonchev–Trinajstić information content (AvgIpc) is 1.99. The van der Waals surface area contributed by atoms with Gasteiger partial charge in [-0.1, -0.05) is 0 Å². The molecule has 75 valence electrons. The second kappa shape index (κ2) is 6.71. The summed E-state index contributed by atoms with van der Waals surface area (Å²) in [5.74, 6) is -3.33. The summed E-state index contributed by atoms with van der Waals surface area (Å²) in [6, 6.07) is 1.69. The van der Waals surface area contributed by atoms with Gasteiger partial charge in [-0.05, 0) is 12.1 Å². The zero-order chi connectivity index (χ0) is 9.30. The molecular weight excluding hydrogens is 366 g/mol. The second-order valence-corrected chi connectivity index (χ2v) is 2.17. The summed E-state index contributed by atoms with van der Waals surface area (Å²) in [7, 11) is 0. The zero-order valence-electron chi connectivity index (χ0n) is 6.78. The van der Waals surface area contributed by atoms with Gasteiger partial charge >= 0.3 is 5.97 Å². The molecule has 0 bridgehead atoms. The molecule has 1 radical (unpaired) electrons. The van der Waals surface area contributed by atoms with Crippen molar-refractivity contribution in [1.29, 1.82) is 0 Å². The maximum absolute atomic E-state index is 10.3. The van der Waals surface area contributed by atoms with Crippen LogP contribution >= 0.6 is 0 Å². The smallest absolute Gasteiger partial charge is 0.335 e. The number of carbonyl (C=O) groups is 1. The van der Waals surface area contributed by atoms with Crippen molar-refractivity contribution < 1.29 is 91.0 Å². The fraction of sp³-hybridized carbons (Fsp3) is 0. The van der Waals surface area contributed by atoms with Crippen LogP contribution in [0.25, 0.3) is 0 Å². The molecule has 0 aliphatic carbocycles. The van der Waals surface area contributed by atoms with E-state index in [2.05, 4.69) is 0 Å². The van der Waals surface area contributed by atoms with Crippen molar-refractivity contribution in [1.82, 2.24) is 0 Å². The van der Waals surface area contributed by atoms with Gasteiger partial charge in [0.15, 0.2) is 17.2 Å². The van der Waals surface area contributed by atoms with Crippen LogP contribution in [-0.4, -0.2) is 26.4 Å². The number of aromatic carboxylic acids is 1. The molecule has 0 fully saturated rings. The molecule has 0 amide bonds. The molecule has 0 unspecified atom stereocenters. The predicted octanol–water partition coefficient (Wildman–Crippen LogP) is 0.499. The van der Waals surface area contributed by atoms with Crippen molar-refractivity contribution in [3.63, 3.8) is 0 Å². The molecule has 1 rings (SSSR count). The third-order valence-corrected chi connectivity index (χ3v) is 1.32. The molecule has 5 nitrogen and oxygen atoms in total. The Morgan fingerprint density at radius 1 is 1.07 bits per heavy atom. The van der Waals surface area contributed by atoms with Gasteiger partial charge in [-0.25, -0.2) is 4.79 Å². The van der Waals surface area contributed by atoms with E-state index in [4.69, 9.17) is 20.4 Å². The molecular formula is C7H6GdO5Sc. The Morgan fingerprint density at radius 2 is 1.43 bits per heavy atom. The zero-order valence-corrected chi connectivity index (χ0v) is 10.9. The predicted molar refractivity (Wildman–Crippen MR) is 38.4 cm³/mol. The number of phenolic OH excluding ortho intramolecular Hbond substituents is 3. The van der Waals surface area contributed by atoms with Crippen molar-refractivity contribution in [2.75, 3.05) is 0 Å². The third-order valence-electron chi connectivity index (χ3n) is 1.32. The Morgan fingerprint density at radius 3 is 1.71 bits per heavy atom. The SMILES string of the molecule is O=C(O)c1cc(O)c(O)c(O)c1.[Gd].[Sc]. The number of hydrogen-bond acceptors (Lipinski definition) is 4. The molecule has 14 heavy (non-hydrogen) atoms. The Bertz CT molecular complexity index is 318. The van der Waals surface area contributed by atoms with Crippen LogP contribution in [-0.2, 0) is 25.8 Å². The van der Waals surface area contributed by atoms with Crippen molar-refractivity contribution in [3.05, 3.63) is 17.7 Å². The van der Waals surface area contributed by atoms with Gasteiger partial charge in [0.05, 0.1) is 5.56 Å². The van der Waals surface area contributed by atoms with Gasteiger partial charge in [0.2, 0.25) is 0 Å². The van der Waals surface area contributed by atoms with Crippen LogP contribution in [0.1, 0.15) is 10.4 Å². The number of benzene rings is 1. The van der Waals surface area contributed by atoms with E-state index in [-0.39, 0.29) is 71.3 Å². The molecule has 0 aliphatic rings. The standard InChI is InChI=1S/C7H6O5.Gd.Sc/c8-4-1-3(7(11)12)2-5(9)6(4)10;;/h1-2,8-10H,(H,11,12);;. The summed E-state index contributed by atoms with van der Waals surface area (Å²) in [6.45, 7) is 0. The summed E-state index contributed by atoms with van der Waals surface area (Å²) >= 11 is 0. The van der Waals surface area contributed by atoms with Gasteiger partial charge in [-0.3, -0.25) is 0 Å². The molecule has 0 heterocycles. The van der Waals surface area contributed by atoms with Crippen LogP contribution in [0.15, 0.2) is 12.1 Å². The van der Waals surface area contributed by atoms with E-state index in [1.807, 2.05) is 0 Å². The minimum atomic E-state index is -1.29. The van der Waals surface area contributed by atoms with Gasteiger partial charge in [-0.15, -0.1) is 0 Å². The minimum Gasteiger partial charge on any atom is -0.504 e. The molecule has 4 N–H and O–H groups in total. The normalized spacial score (nSPS) is 8.29. The summed E-state index contributed by atoms with van der Waals surface area (Å²) in [6.07, 6.45) is 0. The topological polar surface area (TPSA) is 98.0 Å². The second-order valence-electron chi connectivity index (χ2n) is 2.17. The summed E-state index contributed by atoms with van der Waals surface area (Å²) in [5, 5.41) is 35.0. The van der Waals surface area contributed by atoms with Gasteiger partial charge in [0.1, 0.15) is 0 Å². The van der Waals surface area contributed by atoms with Gasteiger partial charge < -0.3 is 20.4 Å². The van der Waals surface area contributed by atoms with Gasteiger partial charge in [0.25, 0.3) is 0 Å². The van der Waals surface area contributed by atoms with Crippen LogP contribution < -0.4 is 0 Å². The van der Waals surface area contributed by atoms with E-state index in [0.29, 0.717) is 0 Å². The van der Waals surface area contributed by atoms with E-state index in [1.165, 1.54) is 0 Å². The maximum Gasteiger partial charge on any atom is 0.335 e. The number of rotatable bonds is 1. The first-order chi connectivity index (χ1) is 5.52. The Kier molecular flexibility index (Phi) is 8.01. The fourth-order valence-corrected chi connectivity index (χ4v) is 0.728. The third kappa shape index (κ3) is 3.80.